The zero-order valence-corrected chi connectivity index (χ0v) is 23.6. The molecule has 3 aromatic carbocycles. The van der Waals surface area contributed by atoms with Gasteiger partial charge in [-0.25, -0.2) is 4.79 Å². The van der Waals surface area contributed by atoms with Gasteiger partial charge in [0, 0.05) is 11.8 Å². The number of carboxylic acids is 1. The first-order chi connectivity index (χ1) is 19.5. The number of nitrogens with one attached hydrogen (secondary N) is 1. The predicted octanol–water partition coefficient (Wildman–Crippen LogP) is 6.36. The number of carbonyl (C=O) groups excluding carboxylic acids is 1. The fourth-order valence-corrected chi connectivity index (χ4v) is 5.06. The minimum atomic E-state index is -1.04. The van der Waals surface area contributed by atoms with Gasteiger partial charge in [-0.3, -0.25) is 9.78 Å². The molecule has 7 heteroatoms. The lowest BCUT2D eigenvalue weighted by molar-refractivity contribution is -0.139. The number of hydrogen-bond donors (Lipinski definition) is 2. The van der Waals surface area contributed by atoms with E-state index in [9.17, 15) is 14.7 Å². The third-order valence-electron chi connectivity index (χ3n) is 6.79. The Hall–Kier alpha value is -4.10. The summed E-state index contributed by atoms with van der Waals surface area (Å²) in [6, 6.07) is 24.7. The van der Waals surface area contributed by atoms with Gasteiger partial charge in [-0.15, -0.1) is 0 Å². The highest BCUT2D eigenvalue weighted by molar-refractivity contribution is 7.98. The van der Waals surface area contributed by atoms with Crippen molar-refractivity contribution in [2.24, 2.45) is 0 Å². The Labute approximate surface area is 239 Å². The van der Waals surface area contributed by atoms with E-state index >= 15 is 0 Å². The molecule has 0 saturated carbocycles. The number of aliphatic carboxylic acids is 1. The SMILES string of the molecule is CSCCC(NC(=O)c1cc(CCc2ccccc2)c(COc2cccnc2)cc1-c1ccccc1C)C(=O)O. The van der Waals surface area contributed by atoms with Crippen LogP contribution < -0.4 is 10.1 Å². The van der Waals surface area contributed by atoms with E-state index in [0.717, 1.165) is 34.2 Å². The third-order valence-corrected chi connectivity index (χ3v) is 7.43. The minimum absolute atomic E-state index is 0.308. The summed E-state index contributed by atoms with van der Waals surface area (Å²) in [6.45, 7) is 2.31. The molecule has 0 aliphatic heterocycles. The largest absolute Gasteiger partial charge is 0.487 e. The van der Waals surface area contributed by atoms with Gasteiger partial charge in [-0.05, 0) is 95.8 Å². The number of ether oxygens (including phenoxy) is 1. The molecule has 206 valence electrons. The average Bonchev–Trinajstić information content (AvgIpc) is 2.98. The molecule has 0 radical (unpaired) electrons. The van der Waals surface area contributed by atoms with Crippen LogP contribution in [0.2, 0.25) is 0 Å². The number of carboxylic acid groups (broad SMARTS) is 1. The number of aromatic nitrogens is 1. The van der Waals surface area contributed by atoms with E-state index in [4.69, 9.17) is 4.74 Å². The maximum Gasteiger partial charge on any atom is 0.326 e. The highest BCUT2D eigenvalue weighted by atomic mass is 32.2. The summed E-state index contributed by atoms with van der Waals surface area (Å²) in [7, 11) is 0. The first-order valence-electron chi connectivity index (χ1n) is 13.3. The zero-order valence-electron chi connectivity index (χ0n) is 22.8. The first kappa shape index (κ1) is 28.9. The average molecular weight is 555 g/mol. The molecular formula is C33H34N2O4S. The molecule has 1 atom stereocenters. The Morgan fingerprint density at radius 1 is 0.950 bits per heavy atom. The van der Waals surface area contributed by atoms with E-state index in [1.54, 1.807) is 24.2 Å². The predicted molar refractivity (Wildman–Crippen MR) is 161 cm³/mol. The van der Waals surface area contributed by atoms with Crippen LogP contribution in [-0.2, 0) is 24.2 Å². The molecule has 1 amide bonds. The van der Waals surface area contributed by atoms with Crippen LogP contribution in [0.4, 0.5) is 0 Å². The van der Waals surface area contributed by atoms with Crippen molar-refractivity contribution in [3.05, 3.63) is 119 Å². The van der Waals surface area contributed by atoms with Crippen LogP contribution >= 0.6 is 11.8 Å². The van der Waals surface area contributed by atoms with E-state index in [1.807, 2.05) is 79.9 Å². The van der Waals surface area contributed by atoms with E-state index in [-0.39, 0.29) is 0 Å². The van der Waals surface area contributed by atoms with Gasteiger partial charge in [0.15, 0.2) is 0 Å². The van der Waals surface area contributed by atoms with E-state index in [1.165, 1.54) is 5.56 Å². The van der Waals surface area contributed by atoms with Crippen molar-refractivity contribution in [2.75, 3.05) is 12.0 Å². The molecule has 4 aromatic rings. The van der Waals surface area contributed by atoms with E-state index in [2.05, 4.69) is 22.4 Å². The van der Waals surface area contributed by atoms with E-state index < -0.39 is 17.9 Å². The van der Waals surface area contributed by atoms with Crippen molar-refractivity contribution in [1.82, 2.24) is 10.3 Å². The van der Waals surface area contributed by atoms with Crippen molar-refractivity contribution < 1.29 is 19.4 Å². The first-order valence-corrected chi connectivity index (χ1v) is 14.7. The van der Waals surface area contributed by atoms with Crippen LogP contribution in [0.1, 0.15) is 39.0 Å². The van der Waals surface area contributed by atoms with Crippen LogP contribution in [0, 0.1) is 6.92 Å². The molecule has 0 bridgehead atoms. The molecule has 0 aliphatic rings. The molecule has 40 heavy (non-hydrogen) atoms. The Morgan fingerprint density at radius 2 is 1.73 bits per heavy atom. The number of aryl methyl sites for hydroxylation is 3. The highest BCUT2D eigenvalue weighted by Gasteiger charge is 2.24. The lowest BCUT2D eigenvalue weighted by atomic mass is 9.89. The van der Waals surface area contributed by atoms with Crippen molar-refractivity contribution >= 4 is 23.6 Å². The maximum atomic E-state index is 13.7. The second kappa shape index (κ2) is 14.3. The van der Waals surface area contributed by atoms with Crippen LogP contribution in [0.15, 0.2) is 91.3 Å². The number of hydrogen-bond acceptors (Lipinski definition) is 5. The Bertz CT molecular complexity index is 1430. The molecular weight excluding hydrogens is 520 g/mol. The van der Waals surface area contributed by atoms with Gasteiger partial charge in [0.05, 0.1) is 6.20 Å². The summed E-state index contributed by atoms with van der Waals surface area (Å²) < 4.78 is 6.10. The number of benzene rings is 3. The number of amides is 1. The van der Waals surface area contributed by atoms with Crippen LogP contribution in [0.25, 0.3) is 11.1 Å². The van der Waals surface area contributed by atoms with Gasteiger partial charge in [0.25, 0.3) is 5.91 Å². The lowest BCUT2D eigenvalue weighted by Gasteiger charge is -2.20. The van der Waals surface area contributed by atoms with Crippen molar-refractivity contribution in [1.29, 1.82) is 0 Å². The molecule has 0 fully saturated rings. The number of pyridine rings is 1. The molecule has 1 aromatic heterocycles. The number of thioether (sulfide) groups is 1. The summed E-state index contributed by atoms with van der Waals surface area (Å²) in [5, 5.41) is 12.6. The normalized spacial score (nSPS) is 11.6. The van der Waals surface area contributed by atoms with Crippen molar-refractivity contribution in [3.8, 4) is 16.9 Å². The zero-order chi connectivity index (χ0) is 28.3. The van der Waals surface area contributed by atoms with Gasteiger partial charge in [0.1, 0.15) is 18.4 Å². The molecule has 1 unspecified atom stereocenters. The maximum absolute atomic E-state index is 13.7. The van der Waals surface area contributed by atoms with Crippen LogP contribution in [0.5, 0.6) is 5.75 Å². The second-order valence-electron chi connectivity index (χ2n) is 9.59. The fraction of sp³-hybridized carbons (Fsp3) is 0.242. The fourth-order valence-electron chi connectivity index (χ4n) is 4.59. The quantitative estimate of drug-likeness (QED) is 0.200. The number of carbonyl (C=O) groups is 2. The molecule has 6 nitrogen and oxygen atoms in total. The van der Waals surface area contributed by atoms with Gasteiger partial charge in [-0.1, -0.05) is 54.6 Å². The molecule has 2 N–H and O–H groups in total. The third kappa shape index (κ3) is 7.73. The summed E-state index contributed by atoms with van der Waals surface area (Å²) in [6.07, 6.45) is 7.12. The van der Waals surface area contributed by atoms with E-state index in [0.29, 0.717) is 36.5 Å². The Balaban J connectivity index is 1.77. The molecule has 0 saturated heterocycles. The van der Waals surface area contributed by atoms with Crippen LogP contribution in [0.3, 0.4) is 0 Å². The molecule has 0 aliphatic carbocycles. The Kier molecular flexibility index (Phi) is 10.4. The van der Waals surface area contributed by atoms with Gasteiger partial charge in [-0.2, -0.15) is 11.8 Å². The molecule has 4 rings (SSSR count). The van der Waals surface area contributed by atoms with Crippen molar-refractivity contribution in [2.45, 2.75) is 38.8 Å². The summed E-state index contributed by atoms with van der Waals surface area (Å²) in [5.74, 6) is -0.138. The highest BCUT2D eigenvalue weighted by Crippen LogP contribution is 2.31. The topological polar surface area (TPSA) is 88.5 Å². The monoisotopic (exact) mass is 554 g/mol. The molecule has 1 heterocycles. The lowest BCUT2D eigenvalue weighted by Crippen LogP contribution is -2.41. The summed E-state index contributed by atoms with van der Waals surface area (Å²) in [5.41, 5.74) is 6.28. The summed E-state index contributed by atoms with van der Waals surface area (Å²) >= 11 is 1.55. The molecule has 0 spiro atoms. The van der Waals surface area contributed by atoms with Crippen molar-refractivity contribution in [3.63, 3.8) is 0 Å². The van der Waals surface area contributed by atoms with Gasteiger partial charge < -0.3 is 15.2 Å². The smallest absolute Gasteiger partial charge is 0.326 e. The van der Waals surface area contributed by atoms with Gasteiger partial charge >= 0.3 is 5.97 Å². The number of nitrogens with zero attached hydrogens (tertiary/aromatic N) is 1. The van der Waals surface area contributed by atoms with Gasteiger partial charge in [0.2, 0.25) is 0 Å². The second-order valence-corrected chi connectivity index (χ2v) is 10.6. The minimum Gasteiger partial charge on any atom is -0.487 e. The Morgan fingerprint density at radius 3 is 2.42 bits per heavy atom. The standard InChI is InChI=1S/C33H34N2O4S/c1-23-9-6-7-13-28(23)29-20-26(22-39-27-12-8-17-34-21-27)25(15-14-24-10-4-3-5-11-24)19-30(29)32(36)35-31(33(37)38)16-18-40-2/h3-13,17,19-21,31H,14-16,18,22H2,1-2H3,(H,35,36)(H,37,38). The number of rotatable bonds is 13. The van der Waals surface area contributed by atoms with Crippen LogP contribution in [-0.4, -0.2) is 40.0 Å². The summed E-state index contributed by atoms with van der Waals surface area (Å²) in [4.78, 5) is 29.8.